The zero-order valence-corrected chi connectivity index (χ0v) is 19.7. The number of carbonyl (C=O) groups excluding carboxylic acids is 1. The minimum absolute atomic E-state index is 0.164. The summed E-state index contributed by atoms with van der Waals surface area (Å²) in [5.74, 6) is -1.72. The van der Waals surface area contributed by atoms with Gasteiger partial charge in [-0.3, -0.25) is 0 Å². The van der Waals surface area contributed by atoms with E-state index in [4.69, 9.17) is 9.47 Å². The zero-order chi connectivity index (χ0) is 23.3. The lowest BCUT2D eigenvalue weighted by Crippen LogP contribution is -2.33. The Labute approximate surface area is 192 Å². The summed E-state index contributed by atoms with van der Waals surface area (Å²) in [5, 5.41) is 0. The molecule has 0 saturated heterocycles. The molecular formula is C25H29F2NO3S. The molecule has 3 rings (SSSR count). The number of nitrogens with zero attached hydrogens (tertiary/aromatic N) is 1. The lowest BCUT2D eigenvalue weighted by atomic mass is 9.80. The first kappa shape index (κ1) is 24.2. The van der Waals surface area contributed by atoms with Crippen LogP contribution in [0.5, 0.6) is 5.75 Å². The number of rotatable bonds is 7. The van der Waals surface area contributed by atoms with E-state index in [9.17, 15) is 13.6 Å². The molecule has 1 atom stereocenters. The van der Waals surface area contributed by atoms with Crippen LogP contribution in [0.2, 0.25) is 0 Å². The summed E-state index contributed by atoms with van der Waals surface area (Å²) in [7, 11) is 0. The average Bonchev–Trinajstić information content (AvgIpc) is 2.67. The van der Waals surface area contributed by atoms with Crippen LogP contribution >= 0.6 is 11.8 Å². The van der Waals surface area contributed by atoms with E-state index in [2.05, 4.69) is 4.99 Å². The van der Waals surface area contributed by atoms with Crippen molar-refractivity contribution < 1.29 is 23.0 Å². The number of ether oxygens (including phenoxy) is 2. The molecule has 0 spiro atoms. The summed E-state index contributed by atoms with van der Waals surface area (Å²) in [4.78, 5) is 16.7. The maximum atomic E-state index is 14.8. The Morgan fingerprint density at radius 1 is 1.16 bits per heavy atom. The van der Waals surface area contributed by atoms with Crippen LogP contribution in [0, 0.1) is 17.6 Å². The number of hydrogen-bond donors (Lipinski definition) is 0. The first-order valence-corrected chi connectivity index (χ1v) is 11.9. The fraction of sp³-hybridized carbons (Fsp3) is 0.440. The van der Waals surface area contributed by atoms with Crippen molar-refractivity contribution in [3.05, 3.63) is 48.0 Å². The number of hydrogen-bond acceptors (Lipinski definition) is 4. The van der Waals surface area contributed by atoms with Crippen molar-refractivity contribution in [1.82, 2.24) is 0 Å². The monoisotopic (exact) mass is 461 g/mol. The van der Waals surface area contributed by atoms with E-state index in [0.717, 1.165) is 29.7 Å². The highest BCUT2D eigenvalue weighted by Gasteiger charge is 2.30. The quantitative estimate of drug-likeness (QED) is 0.321. The van der Waals surface area contributed by atoms with Crippen LogP contribution in [-0.4, -0.2) is 30.3 Å². The van der Waals surface area contributed by atoms with Crippen LogP contribution in [0.4, 0.5) is 13.6 Å². The highest BCUT2D eigenvalue weighted by molar-refractivity contribution is 7.98. The standard InChI is InChI=1S/C25H29F2NO3S/c1-25(2,3)31-24(29)28-13-12-22(17-6-5-7-17)30-23-20(26)14-18(15-21(23)27)16-8-10-19(32-4)11-9-16/h8-11,13-15,17,22H,5-7,12H2,1-4H3. The molecule has 4 nitrogen and oxygen atoms in total. The van der Waals surface area contributed by atoms with Crippen LogP contribution in [0.25, 0.3) is 11.1 Å². The smallest absolute Gasteiger partial charge is 0.433 e. The molecule has 0 radical (unpaired) electrons. The van der Waals surface area contributed by atoms with E-state index in [1.165, 1.54) is 18.3 Å². The van der Waals surface area contributed by atoms with Crippen molar-refractivity contribution >= 4 is 24.1 Å². The molecule has 0 N–H and O–H groups in total. The van der Waals surface area contributed by atoms with Gasteiger partial charge in [-0.05, 0) is 81.2 Å². The second-order valence-electron chi connectivity index (χ2n) is 8.87. The second kappa shape index (κ2) is 10.5. The molecule has 1 saturated carbocycles. The Balaban J connectivity index is 1.74. The summed E-state index contributed by atoms with van der Waals surface area (Å²) in [6.07, 6.45) is 5.35. The summed E-state index contributed by atoms with van der Waals surface area (Å²) < 4.78 is 40.6. The molecule has 7 heteroatoms. The summed E-state index contributed by atoms with van der Waals surface area (Å²) in [5.41, 5.74) is 0.543. The van der Waals surface area contributed by atoms with E-state index < -0.39 is 35.2 Å². The van der Waals surface area contributed by atoms with Gasteiger partial charge in [0.15, 0.2) is 17.4 Å². The third kappa shape index (κ3) is 6.55. The van der Waals surface area contributed by atoms with Gasteiger partial charge in [-0.1, -0.05) is 18.6 Å². The first-order valence-electron chi connectivity index (χ1n) is 10.7. The Bertz CT molecular complexity index is 943. The van der Waals surface area contributed by atoms with Crippen molar-refractivity contribution in [2.24, 2.45) is 10.9 Å². The van der Waals surface area contributed by atoms with E-state index in [0.29, 0.717) is 5.56 Å². The van der Waals surface area contributed by atoms with Crippen LogP contribution in [0.15, 0.2) is 46.3 Å². The van der Waals surface area contributed by atoms with Gasteiger partial charge in [-0.2, -0.15) is 4.99 Å². The normalized spacial score (nSPS) is 15.4. The molecular weight excluding hydrogens is 432 g/mol. The highest BCUT2D eigenvalue weighted by Crippen LogP contribution is 2.36. The van der Waals surface area contributed by atoms with E-state index in [-0.39, 0.29) is 12.3 Å². The van der Waals surface area contributed by atoms with Crippen molar-refractivity contribution in [3.63, 3.8) is 0 Å². The molecule has 0 bridgehead atoms. The molecule has 1 fully saturated rings. The largest absolute Gasteiger partial charge is 0.484 e. The topological polar surface area (TPSA) is 47.9 Å². The van der Waals surface area contributed by atoms with Gasteiger partial charge in [0.1, 0.15) is 11.7 Å². The minimum atomic E-state index is -0.748. The Hall–Kier alpha value is -2.41. The Morgan fingerprint density at radius 2 is 1.78 bits per heavy atom. The Morgan fingerprint density at radius 3 is 2.28 bits per heavy atom. The van der Waals surface area contributed by atoms with E-state index in [1.54, 1.807) is 32.5 Å². The highest BCUT2D eigenvalue weighted by atomic mass is 32.2. The molecule has 1 amide bonds. The van der Waals surface area contributed by atoms with Gasteiger partial charge < -0.3 is 9.47 Å². The molecule has 1 aliphatic rings. The SMILES string of the molecule is CSc1ccc(-c2cc(F)c(OC(CC=NC(=O)OC(C)(C)C)C3CCC3)c(F)c2)cc1. The number of amides is 1. The van der Waals surface area contributed by atoms with Gasteiger partial charge >= 0.3 is 6.09 Å². The van der Waals surface area contributed by atoms with Crippen molar-refractivity contribution in [1.29, 1.82) is 0 Å². The molecule has 0 aromatic heterocycles. The van der Waals surface area contributed by atoms with Gasteiger partial charge in [0, 0.05) is 17.5 Å². The van der Waals surface area contributed by atoms with Crippen molar-refractivity contribution in [2.45, 2.75) is 63.1 Å². The van der Waals surface area contributed by atoms with Gasteiger partial charge in [0.2, 0.25) is 0 Å². The number of thioether (sulfide) groups is 1. The number of benzene rings is 2. The molecule has 2 aromatic carbocycles. The van der Waals surface area contributed by atoms with Crippen molar-refractivity contribution in [2.75, 3.05) is 6.26 Å². The number of halogens is 2. The third-order valence-electron chi connectivity index (χ3n) is 5.29. The van der Waals surface area contributed by atoms with E-state index >= 15 is 0 Å². The molecule has 1 aliphatic carbocycles. The van der Waals surface area contributed by atoms with E-state index in [1.807, 2.05) is 30.5 Å². The van der Waals surface area contributed by atoms with Gasteiger partial charge in [-0.15, -0.1) is 11.8 Å². The Kier molecular flexibility index (Phi) is 7.93. The summed E-state index contributed by atoms with van der Waals surface area (Å²) >= 11 is 1.60. The lowest BCUT2D eigenvalue weighted by Gasteiger charge is -2.33. The van der Waals surface area contributed by atoms with Crippen LogP contribution in [-0.2, 0) is 4.74 Å². The van der Waals surface area contributed by atoms with Crippen LogP contribution < -0.4 is 4.74 Å². The molecule has 1 unspecified atom stereocenters. The van der Waals surface area contributed by atoms with Gasteiger partial charge in [-0.25, -0.2) is 13.6 Å². The molecule has 2 aromatic rings. The van der Waals surface area contributed by atoms with Crippen molar-refractivity contribution in [3.8, 4) is 16.9 Å². The minimum Gasteiger partial charge on any atom is -0.484 e. The number of carbonyl (C=O) groups is 1. The fourth-order valence-corrected chi connectivity index (χ4v) is 3.85. The van der Waals surface area contributed by atoms with Crippen LogP contribution in [0.3, 0.4) is 0 Å². The second-order valence-corrected chi connectivity index (χ2v) is 9.75. The summed E-state index contributed by atoms with van der Waals surface area (Å²) in [6.45, 7) is 5.27. The molecule has 172 valence electrons. The number of aliphatic imine (C=N–C) groups is 1. The fourth-order valence-electron chi connectivity index (χ4n) is 3.44. The molecule has 32 heavy (non-hydrogen) atoms. The first-order chi connectivity index (χ1) is 15.2. The third-order valence-corrected chi connectivity index (χ3v) is 6.04. The average molecular weight is 462 g/mol. The predicted octanol–water partition coefficient (Wildman–Crippen LogP) is 7.30. The maximum absolute atomic E-state index is 14.8. The lowest BCUT2D eigenvalue weighted by molar-refractivity contribution is 0.0602. The van der Waals surface area contributed by atoms with Gasteiger partial charge in [0.25, 0.3) is 0 Å². The maximum Gasteiger partial charge on any atom is 0.433 e. The summed E-state index contributed by atoms with van der Waals surface area (Å²) in [6, 6.07) is 10.1. The molecule has 0 heterocycles. The predicted molar refractivity (Wildman–Crippen MR) is 125 cm³/mol. The van der Waals surface area contributed by atoms with Gasteiger partial charge in [0.05, 0.1) is 0 Å². The zero-order valence-electron chi connectivity index (χ0n) is 18.9. The van der Waals surface area contributed by atoms with Crippen LogP contribution in [0.1, 0.15) is 46.5 Å². The molecule has 0 aliphatic heterocycles.